The van der Waals surface area contributed by atoms with E-state index in [-0.39, 0.29) is 5.92 Å². The second-order valence-corrected chi connectivity index (χ2v) is 4.52. The summed E-state index contributed by atoms with van der Waals surface area (Å²) in [6, 6.07) is 5.36. The van der Waals surface area contributed by atoms with E-state index < -0.39 is 0 Å². The van der Waals surface area contributed by atoms with E-state index in [9.17, 15) is 9.59 Å². The monoisotopic (exact) mass is 298 g/mol. The fourth-order valence-corrected chi connectivity index (χ4v) is 2.30. The number of aliphatic imine (C=N–C) groups is 2. The van der Waals surface area contributed by atoms with E-state index in [4.69, 9.17) is 9.47 Å². The number of carbonyl (C=O) groups excluding carboxylic acids is 2. The first kappa shape index (κ1) is 15.4. The van der Waals surface area contributed by atoms with Crippen LogP contribution in [0.2, 0.25) is 0 Å². The lowest BCUT2D eigenvalue weighted by Gasteiger charge is -2.20. The van der Waals surface area contributed by atoms with Crippen molar-refractivity contribution in [3.05, 3.63) is 47.4 Å². The Balaban J connectivity index is 2.33. The normalized spacial score (nSPS) is 16.5. The molecule has 0 fully saturated rings. The van der Waals surface area contributed by atoms with Gasteiger partial charge >= 0.3 is 0 Å². The van der Waals surface area contributed by atoms with Gasteiger partial charge in [0, 0.05) is 12.3 Å². The molecule has 1 aliphatic rings. The molecule has 1 unspecified atom stereocenters. The average molecular weight is 298 g/mol. The summed E-state index contributed by atoms with van der Waals surface area (Å²) in [7, 11) is 3.05. The molecule has 0 amide bonds. The highest BCUT2D eigenvalue weighted by Gasteiger charge is 2.20. The van der Waals surface area contributed by atoms with Gasteiger partial charge in [-0.1, -0.05) is 12.1 Å². The molecule has 0 aliphatic heterocycles. The number of hydrogen-bond donors (Lipinski definition) is 0. The van der Waals surface area contributed by atoms with Gasteiger partial charge in [-0.05, 0) is 23.8 Å². The van der Waals surface area contributed by atoms with Gasteiger partial charge in [-0.2, -0.15) is 9.98 Å². The quantitative estimate of drug-likeness (QED) is 0.618. The molecule has 6 heteroatoms. The van der Waals surface area contributed by atoms with E-state index in [0.29, 0.717) is 29.3 Å². The van der Waals surface area contributed by atoms with Crippen LogP contribution >= 0.6 is 0 Å². The Hall–Kier alpha value is -2.94. The molecule has 1 aliphatic carbocycles. The number of hydrogen-bond acceptors (Lipinski definition) is 6. The third-order valence-corrected chi connectivity index (χ3v) is 3.39. The predicted octanol–water partition coefficient (Wildman–Crippen LogP) is 2.90. The van der Waals surface area contributed by atoms with Gasteiger partial charge in [0.05, 0.1) is 14.2 Å². The molecule has 0 radical (unpaired) electrons. The maximum atomic E-state index is 10.4. The lowest BCUT2D eigenvalue weighted by Crippen LogP contribution is -2.05. The maximum Gasteiger partial charge on any atom is 0.240 e. The Bertz CT molecular complexity index is 724. The van der Waals surface area contributed by atoms with Gasteiger partial charge in [0.1, 0.15) is 22.9 Å². The number of rotatable bonds is 5. The largest absolute Gasteiger partial charge is 0.499 e. The Morgan fingerprint density at radius 1 is 1.14 bits per heavy atom. The molecule has 0 heterocycles. The predicted molar refractivity (Wildman–Crippen MR) is 79.4 cm³/mol. The van der Waals surface area contributed by atoms with Crippen LogP contribution in [0.15, 0.2) is 51.8 Å². The van der Waals surface area contributed by atoms with Crippen LogP contribution in [0.25, 0.3) is 0 Å². The van der Waals surface area contributed by atoms with E-state index in [2.05, 4.69) is 9.98 Å². The van der Waals surface area contributed by atoms with Gasteiger partial charge in [-0.3, -0.25) is 0 Å². The van der Waals surface area contributed by atoms with Gasteiger partial charge in [0.2, 0.25) is 12.2 Å². The van der Waals surface area contributed by atoms with Crippen LogP contribution in [0, 0.1) is 0 Å². The molecule has 1 atom stereocenters. The number of methoxy groups -OCH3 is 2. The van der Waals surface area contributed by atoms with Crippen molar-refractivity contribution in [1.82, 2.24) is 0 Å². The molecule has 0 spiro atoms. The molecule has 0 aromatic heterocycles. The first-order chi connectivity index (χ1) is 10.7. The SMILES string of the molecule is COC1=C(N=C=O)C=CC(c2ccc(N=C=O)c(OC)c2)C1. The Morgan fingerprint density at radius 3 is 2.55 bits per heavy atom. The second kappa shape index (κ2) is 7.18. The molecule has 1 aromatic carbocycles. The van der Waals surface area contributed by atoms with Crippen molar-refractivity contribution < 1.29 is 19.1 Å². The summed E-state index contributed by atoms with van der Waals surface area (Å²) in [6.45, 7) is 0. The van der Waals surface area contributed by atoms with Crippen LogP contribution in [-0.4, -0.2) is 26.4 Å². The van der Waals surface area contributed by atoms with Crippen molar-refractivity contribution in [2.75, 3.05) is 14.2 Å². The lowest BCUT2D eigenvalue weighted by atomic mass is 9.90. The number of benzene rings is 1. The van der Waals surface area contributed by atoms with E-state index in [0.717, 1.165) is 5.56 Å². The zero-order chi connectivity index (χ0) is 15.9. The molecule has 0 N–H and O–H groups in total. The third-order valence-electron chi connectivity index (χ3n) is 3.39. The maximum absolute atomic E-state index is 10.4. The molecule has 22 heavy (non-hydrogen) atoms. The molecular weight excluding hydrogens is 284 g/mol. The van der Waals surface area contributed by atoms with Gasteiger partial charge in [0.25, 0.3) is 0 Å². The standard InChI is InChI=1S/C16H14N2O4/c1-21-15-7-11(3-5-13(15)17-9-19)12-4-6-14(18-10-20)16(8-12)22-2/h3-7,12H,8H2,1-2H3. The first-order valence-corrected chi connectivity index (χ1v) is 6.52. The van der Waals surface area contributed by atoms with Gasteiger partial charge in [-0.15, -0.1) is 0 Å². The lowest BCUT2D eigenvalue weighted by molar-refractivity contribution is 0.268. The van der Waals surface area contributed by atoms with E-state index in [1.165, 1.54) is 26.4 Å². The van der Waals surface area contributed by atoms with Crippen LogP contribution < -0.4 is 4.74 Å². The van der Waals surface area contributed by atoms with Crippen LogP contribution in [-0.2, 0) is 14.3 Å². The average Bonchev–Trinajstić information content (AvgIpc) is 2.56. The highest BCUT2D eigenvalue weighted by Crippen LogP contribution is 2.36. The highest BCUT2D eigenvalue weighted by molar-refractivity contribution is 5.59. The molecule has 0 saturated carbocycles. The fraction of sp³-hybridized carbons (Fsp3) is 0.250. The van der Waals surface area contributed by atoms with Crippen LogP contribution in [0.3, 0.4) is 0 Å². The fourth-order valence-electron chi connectivity index (χ4n) is 2.30. The highest BCUT2D eigenvalue weighted by atomic mass is 16.5. The number of ether oxygens (including phenoxy) is 2. The summed E-state index contributed by atoms with van der Waals surface area (Å²) >= 11 is 0. The summed E-state index contributed by atoms with van der Waals surface area (Å²) in [6.07, 6.45) is 7.22. The van der Waals surface area contributed by atoms with Crippen LogP contribution in [0.4, 0.5) is 5.69 Å². The van der Waals surface area contributed by atoms with Gasteiger partial charge < -0.3 is 9.47 Å². The van der Waals surface area contributed by atoms with E-state index in [1.807, 2.05) is 18.2 Å². The van der Waals surface area contributed by atoms with Crippen molar-refractivity contribution in [3.63, 3.8) is 0 Å². The zero-order valence-electron chi connectivity index (χ0n) is 12.2. The smallest absolute Gasteiger partial charge is 0.240 e. The Kier molecular flexibility index (Phi) is 5.04. The van der Waals surface area contributed by atoms with Crippen molar-refractivity contribution >= 4 is 17.8 Å². The van der Waals surface area contributed by atoms with Crippen molar-refractivity contribution in [2.45, 2.75) is 12.3 Å². The molecule has 0 bridgehead atoms. The van der Waals surface area contributed by atoms with Gasteiger partial charge in [-0.25, -0.2) is 9.59 Å². The number of nitrogens with zero attached hydrogens (tertiary/aromatic N) is 2. The van der Waals surface area contributed by atoms with Crippen molar-refractivity contribution in [1.29, 1.82) is 0 Å². The first-order valence-electron chi connectivity index (χ1n) is 6.52. The summed E-state index contributed by atoms with van der Waals surface area (Å²) in [5, 5.41) is 0. The molecule has 6 nitrogen and oxygen atoms in total. The minimum Gasteiger partial charge on any atom is -0.499 e. The topological polar surface area (TPSA) is 77.3 Å². The van der Waals surface area contributed by atoms with Crippen LogP contribution in [0.1, 0.15) is 17.9 Å². The summed E-state index contributed by atoms with van der Waals surface area (Å²) in [4.78, 5) is 28.0. The molecule has 112 valence electrons. The summed E-state index contributed by atoms with van der Waals surface area (Å²) in [5.74, 6) is 1.16. The molecule has 0 saturated heterocycles. The summed E-state index contributed by atoms with van der Waals surface area (Å²) < 4.78 is 10.5. The molecule has 2 rings (SSSR count). The summed E-state index contributed by atoms with van der Waals surface area (Å²) in [5.41, 5.74) is 1.87. The molecule has 1 aromatic rings. The number of isocyanates is 2. The van der Waals surface area contributed by atoms with E-state index in [1.54, 1.807) is 12.1 Å². The van der Waals surface area contributed by atoms with Crippen LogP contribution in [0.5, 0.6) is 5.75 Å². The molecular formula is C16H14N2O4. The number of allylic oxidation sites excluding steroid dienone is 3. The third kappa shape index (κ3) is 3.20. The van der Waals surface area contributed by atoms with Crippen molar-refractivity contribution in [3.8, 4) is 5.75 Å². The minimum atomic E-state index is 0.0451. The Morgan fingerprint density at radius 2 is 1.91 bits per heavy atom. The zero-order valence-corrected chi connectivity index (χ0v) is 12.2. The minimum absolute atomic E-state index is 0.0451. The second-order valence-electron chi connectivity index (χ2n) is 4.52. The van der Waals surface area contributed by atoms with E-state index >= 15 is 0 Å². The van der Waals surface area contributed by atoms with Crippen molar-refractivity contribution in [2.24, 2.45) is 9.98 Å². The Labute approximate surface area is 127 Å². The van der Waals surface area contributed by atoms with Gasteiger partial charge in [0.15, 0.2) is 0 Å².